The molecule has 6 heteroatoms. The normalized spacial score (nSPS) is 30.3. The Hall–Kier alpha value is -0.850. The highest BCUT2D eigenvalue weighted by atomic mass is 16.6. The molecule has 0 aromatic heterocycles. The fourth-order valence-electron chi connectivity index (χ4n) is 3.11. The van der Waals surface area contributed by atoms with E-state index in [1.165, 1.54) is 0 Å². The zero-order valence-electron chi connectivity index (χ0n) is 15.3. The number of ether oxygens (including phenoxy) is 2. The van der Waals surface area contributed by atoms with Crippen LogP contribution in [0.4, 0.5) is 4.79 Å². The second kappa shape index (κ2) is 7.81. The summed E-state index contributed by atoms with van der Waals surface area (Å²) in [5, 5.41) is 3.56. The number of amides is 1. The third kappa shape index (κ3) is 5.62. The number of hydrogen-bond donors (Lipinski definition) is 1. The predicted octanol–water partition coefficient (Wildman–Crippen LogP) is 1.69. The molecule has 2 aliphatic rings. The van der Waals surface area contributed by atoms with E-state index < -0.39 is 5.60 Å². The SMILES string of the molecule is C[C@@H]1COCCN1CC[C@H]1CN(C(=O)OC(C)(C)C)[C@H](C)CN1. The van der Waals surface area contributed by atoms with Crippen LogP contribution in [0.15, 0.2) is 0 Å². The highest BCUT2D eigenvalue weighted by Crippen LogP contribution is 2.16. The molecule has 0 aliphatic carbocycles. The Morgan fingerprint density at radius 2 is 2.04 bits per heavy atom. The first-order chi connectivity index (χ1) is 10.8. The summed E-state index contributed by atoms with van der Waals surface area (Å²) in [6.07, 6.45) is 0.840. The van der Waals surface area contributed by atoms with E-state index in [0.29, 0.717) is 12.1 Å². The Morgan fingerprint density at radius 3 is 2.70 bits per heavy atom. The second-order valence-electron chi connectivity index (χ2n) is 7.84. The maximum Gasteiger partial charge on any atom is 0.410 e. The van der Waals surface area contributed by atoms with Crippen molar-refractivity contribution >= 4 is 6.09 Å². The van der Waals surface area contributed by atoms with Gasteiger partial charge in [-0.3, -0.25) is 4.90 Å². The summed E-state index contributed by atoms with van der Waals surface area (Å²) in [4.78, 5) is 16.7. The van der Waals surface area contributed by atoms with Crippen LogP contribution in [0.5, 0.6) is 0 Å². The van der Waals surface area contributed by atoms with E-state index in [1.54, 1.807) is 0 Å². The van der Waals surface area contributed by atoms with Gasteiger partial charge in [-0.05, 0) is 41.0 Å². The molecule has 0 saturated carbocycles. The van der Waals surface area contributed by atoms with E-state index in [2.05, 4.69) is 24.1 Å². The van der Waals surface area contributed by atoms with E-state index in [1.807, 2.05) is 25.7 Å². The molecule has 0 radical (unpaired) electrons. The van der Waals surface area contributed by atoms with E-state index in [4.69, 9.17) is 9.47 Å². The van der Waals surface area contributed by atoms with E-state index >= 15 is 0 Å². The van der Waals surface area contributed by atoms with Gasteiger partial charge in [0.2, 0.25) is 0 Å². The summed E-state index contributed by atoms with van der Waals surface area (Å²) in [6, 6.07) is 0.977. The average Bonchev–Trinajstić information content (AvgIpc) is 2.46. The Kier molecular flexibility index (Phi) is 6.28. The van der Waals surface area contributed by atoms with Gasteiger partial charge in [-0.25, -0.2) is 4.79 Å². The molecule has 2 heterocycles. The summed E-state index contributed by atoms with van der Waals surface area (Å²) < 4.78 is 11.0. The molecule has 0 unspecified atom stereocenters. The van der Waals surface area contributed by atoms with E-state index in [0.717, 1.165) is 45.8 Å². The van der Waals surface area contributed by atoms with Gasteiger partial charge >= 0.3 is 6.09 Å². The lowest BCUT2D eigenvalue weighted by molar-refractivity contribution is -0.00611. The van der Waals surface area contributed by atoms with Crippen molar-refractivity contribution in [1.29, 1.82) is 0 Å². The van der Waals surface area contributed by atoms with Crippen LogP contribution < -0.4 is 5.32 Å². The monoisotopic (exact) mass is 327 g/mol. The van der Waals surface area contributed by atoms with E-state index in [-0.39, 0.29) is 12.1 Å². The van der Waals surface area contributed by atoms with Crippen molar-refractivity contribution in [3.8, 4) is 0 Å². The minimum absolute atomic E-state index is 0.170. The zero-order valence-corrected chi connectivity index (χ0v) is 15.3. The van der Waals surface area contributed by atoms with Crippen molar-refractivity contribution < 1.29 is 14.3 Å². The van der Waals surface area contributed by atoms with Gasteiger partial charge in [-0.15, -0.1) is 0 Å². The number of carbonyl (C=O) groups is 1. The summed E-state index contributed by atoms with van der Waals surface area (Å²) in [7, 11) is 0. The van der Waals surface area contributed by atoms with Crippen molar-refractivity contribution in [3.05, 3.63) is 0 Å². The van der Waals surface area contributed by atoms with Crippen LogP contribution in [-0.2, 0) is 9.47 Å². The van der Waals surface area contributed by atoms with Crippen molar-refractivity contribution in [2.75, 3.05) is 39.4 Å². The van der Waals surface area contributed by atoms with E-state index in [9.17, 15) is 4.79 Å². The van der Waals surface area contributed by atoms with Crippen LogP contribution in [-0.4, -0.2) is 79.0 Å². The average molecular weight is 327 g/mol. The van der Waals surface area contributed by atoms with Gasteiger partial charge < -0.3 is 19.7 Å². The van der Waals surface area contributed by atoms with Gasteiger partial charge in [0.05, 0.1) is 13.2 Å². The molecule has 0 bridgehead atoms. The topological polar surface area (TPSA) is 54.0 Å². The lowest BCUT2D eigenvalue weighted by Gasteiger charge is -2.40. The maximum absolute atomic E-state index is 12.4. The van der Waals surface area contributed by atoms with Gasteiger partial charge in [0.25, 0.3) is 0 Å². The second-order valence-corrected chi connectivity index (χ2v) is 7.84. The molecule has 134 valence electrons. The maximum atomic E-state index is 12.4. The molecule has 3 atom stereocenters. The van der Waals surface area contributed by atoms with Crippen LogP contribution in [0.2, 0.25) is 0 Å². The van der Waals surface area contributed by atoms with Crippen molar-refractivity contribution in [3.63, 3.8) is 0 Å². The standard InChI is InChI=1S/C17H33N3O3/c1-13-10-18-15(6-7-19-8-9-22-12-14(19)2)11-20(13)16(21)23-17(3,4)5/h13-15,18H,6-12H2,1-5H3/t13-,14-,15+/m1/s1. The Labute approximate surface area is 140 Å². The third-order valence-electron chi connectivity index (χ3n) is 4.55. The number of carbonyl (C=O) groups excluding carboxylic acids is 1. The van der Waals surface area contributed by atoms with Crippen LogP contribution in [0, 0.1) is 0 Å². The summed E-state index contributed by atoms with van der Waals surface area (Å²) in [6.45, 7) is 15.2. The summed E-state index contributed by atoms with van der Waals surface area (Å²) >= 11 is 0. The van der Waals surface area contributed by atoms with Crippen LogP contribution >= 0.6 is 0 Å². The van der Waals surface area contributed by atoms with Crippen molar-refractivity contribution in [2.24, 2.45) is 0 Å². The van der Waals surface area contributed by atoms with Gasteiger partial charge in [-0.1, -0.05) is 0 Å². The number of nitrogens with zero attached hydrogens (tertiary/aromatic N) is 2. The molecule has 0 aromatic rings. The Bertz CT molecular complexity index is 397. The first-order valence-corrected chi connectivity index (χ1v) is 8.81. The smallest absolute Gasteiger partial charge is 0.410 e. The summed E-state index contributed by atoms with van der Waals surface area (Å²) in [5.41, 5.74) is -0.444. The molecule has 2 saturated heterocycles. The molecule has 1 N–H and O–H groups in total. The van der Waals surface area contributed by atoms with Gasteiger partial charge in [-0.2, -0.15) is 0 Å². The quantitative estimate of drug-likeness (QED) is 0.855. The molecule has 0 spiro atoms. The molecule has 2 rings (SSSR count). The lowest BCUT2D eigenvalue weighted by Crippen LogP contribution is -2.58. The third-order valence-corrected chi connectivity index (χ3v) is 4.55. The number of nitrogens with one attached hydrogen (secondary N) is 1. The van der Waals surface area contributed by atoms with Crippen molar-refractivity contribution in [1.82, 2.24) is 15.1 Å². The predicted molar refractivity (Wildman–Crippen MR) is 90.7 cm³/mol. The lowest BCUT2D eigenvalue weighted by atomic mass is 10.1. The number of piperazine rings is 1. The van der Waals surface area contributed by atoms with Crippen LogP contribution in [0.3, 0.4) is 0 Å². The number of rotatable bonds is 3. The number of morpholine rings is 1. The first-order valence-electron chi connectivity index (χ1n) is 8.81. The van der Waals surface area contributed by atoms with Crippen LogP contribution in [0.1, 0.15) is 41.0 Å². The molecule has 6 nitrogen and oxygen atoms in total. The Morgan fingerprint density at radius 1 is 1.30 bits per heavy atom. The minimum atomic E-state index is -0.444. The zero-order chi connectivity index (χ0) is 17.0. The number of hydrogen-bond acceptors (Lipinski definition) is 5. The van der Waals surface area contributed by atoms with Gasteiger partial charge in [0.15, 0.2) is 0 Å². The first kappa shape index (κ1) is 18.5. The Balaban J connectivity index is 1.83. The highest BCUT2D eigenvalue weighted by Gasteiger charge is 2.32. The van der Waals surface area contributed by atoms with Gasteiger partial charge in [0.1, 0.15) is 5.60 Å². The van der Waals surface area contributed by atoms with Crippen molar-refractivity contribution in [2.45, 2.75) is 64.8 Å². The molecule has 2 fully saturated rings. The van der Waals surface area contributed by atoms with Crippen LogP contribution in [0.25, 0.3) is 0 Å². The fourth-order valence-corrected chi connectivity index (χ4v) is 3.11. The largest absolute Gasteiger partial charge is 0.444 e. The summed E-state index contributed by atoms with van der Waals surface area (Å²) in [5.74, 6) is 0. The molecule has 23 heavy (non-hydrogen) atoms. The van der Waals surface area contributed by atoms with Gasteiger partial charge in [0, 0.05) is 44.3 Å². The fraction of sp³-hybridized carbons (Fsp3) is 0.941. The molecule has 1 amide bonds. The highest BCUT2D eigenvalue weighted by molar-refractivity contribution is 5.68. The molecule has 0 aromatic carbocycles. The molecular formula is C17H33N3O3. The molecule has 2 aliphatic heterocycles. The molecular weight excluding hydrogens is 294 g/mol. The minimum Gasteiger partial charge on any atom is -0.444 e.